The van der Waals surface area contributed by atoms with Crippen molar-refractivity contribution in [3.8, 4) is 0 Å². The van der Waals surface area contributed by atoms with Gasteiger partial charge >= 0.3 is 0 Å². The number of carbonyl (C=O) groups is 2. The summed E-state index contributed by atoms with van der Waals surface area (Å²) >= 11 is 0. The zero-order valence-corrected chi connectivity index (χ0v) is 26.7. The summed E-state index contributed by atoms with van der Waals surface area (Å²) in [4.78, 5) is 29.6. The molecule has 230 valence electrons. The molecule has 0 heterocycles. The molecule has 0 radical (unpaired) electrons. The molecule has 4 rings (SSSR count). The molecule has 3 aromatic rings. The van der Waals surface area contributed by atoms with Crippen LogP contribution in [-0.2, 0) is 26.0 Å². The van der Waals surface area contributed by atoms with Gasteiger partial charge in [-0.15, -0.1) is 0 Å². The van der Waals surface area contributed by atoms with E-state index in [-0.39, 0.29) is 16.8 Å². The van der Waals surface area contributed by atoms with Gasteiger partial charge in [0.15, 0.2) is 0 Å². The maximum Gasteiger partial charge on any atom is 0.264 e. The van der Waals surface area contributed by atoms with Gasteiger partial charge in [0, 0.05) is 12.6 Å². The summed E-state index contributed by atoms with van der Waals surface area (Å²) in [7, 11) is -4.09. The van der Waals surface area contributed by atoms with Crippen molar-refractivity contribution in [3.63, 3.8) is 0 Å². The number of benzene rings is 3. The number of nitrogens with zero attached hydrogens (tertiary/aromatic N) is 2. The number of hydrogen-bond donors (Lipinski definition) is 1. The first-order valence-electron chi connectivity index (χ1n) is 15.4. The fourth-order valence-electron chi connectivity index (χ4n) is 5.90. The Hall–Kier alpha value is -3.65. The van der Waals surface area contributed by atoms with E-state index in [2.05, 4.69) is 5.32 Å². The molecule has 0 spiro atoms. The second-order valence-electron chi connectivity index (χ2n) is 11.8. The van der Waals surface area contributed by atoms with E-state index in [1.54, 1.807) is 41.3 Å². The van der Waals surface area contributed by atoms with Crippen LogP contribution >= 0.6 is 0 Å². The average Bonchev–Trinajstić information content (AvgIpc) is 2.98. The summed E-state index contributed by atoms with van der Waals surface area (Å²) in [6, 6.07) is 21.4. The van der Waals surface area contributed by atoms with Gasteiger partial charge in [-0.3, -0.25) is 13.9 Å². The highest BCUT2D eigenvalue weighted by Crippen LogP contribution is 2.27. The minimum Gasteiger partial charge on any atom is -0.352 e. The molecular formula is C35H45N3O4S. The minimum atomic E-state index is -4.09. The van der Waals surface area contributed by atoms with Gasteiger partial charge in [-0.25, -0.2) is 8.42 Å². The number of nitrogens with one attached hydrogen (secondary N) is 1. The second kappa shape index (κ2) is 14.7. The first kappa shape index (κ1) is 32.3. The van der Waals surface area contributed by atoms with Crippen LogP contribution in [0.25, 0.3) is 0 Å². The first-order chi connectivity index (χ1) is 20.6. The summed E-state index contributed by atoms with van der Waals surface area (Å²) in [6.45, 7) is 7.49. The lowest BCUT2D eigenvalue weighted by atomic mass is 9.95. The van der Waals surface area contributed by atoms with Gasteiger partial charge in [0.2, 0.25) is 11.8 Å². The monoisotopic (exact) mass is 603 g/mol. The molecule has 2 amide bonds. The van der Waals surface area contributed by atoms with Crippen LogP contribution in [0, 0.1) is 20.8 Å². The summed E-state index contributed by atoms with van der Waals surface area (Å²) in [5, 5.41) is 3.20. The molecule has 0 bridgehead atoms. The lowest BCUT2D eigenvalue weighted by Gasteiger charge is -2.34. The standard InChI is InChI=1S/C35H45N3O4S/c1-5-33(35(40)36-30-14-10-7-11-15-30)37(21-20-29-12-8-6-9-13-29)34(39)25-38(31-23-27(3)22-28(4)24-31)43(41,42)32-18-16-26(2)17-19-32/h6,8-9,12-13,16-19,22-24,30,33H,5,7,10-11,14-15,20-21,25H2,1-4H3,(H,36,40)/t33-/m0/s1. The smallest absolute Gasteiger partial charge is 0.264 e. The van der Waals surface area contributed by atoms with Crippen molar-refractivity contribution in [2.75, 3.05) is 17.4 Å². The van der Waals surface area contributed by atoms with Gasteiger partial charge < -0.3 is 10.2 Å². The maximum absolute atomic E-state index is 14.3. The van der Waals surface area contributed by atoms with E-state index in [1.807, 2.05) is 64.1 Å². The maximum atomic E-state index is 14.3. The van der Waals surface area contributed by atoms with Gasteiger partial charge in [-0.2, -0.15) is 0 Å². The van der Waals surface area contributed by atoms with Crippen molar-refractivity contribution in [3.05, 3.63) is 95.1 Å². The predicted octanol–water partition coefficient (Wildman–Crippen LogP) is 6.11. The number of carbonyl (C=O) groups excluding carboxylic acids is 2. The number of hydrogen-bond acceptors (Lipinski definition) is 4. The topological polar surface area (TPSA) is 86.8 Å². The molecule has 1 saturated carbocycles. The Bertz CT molecular complexity index is 1460. The van der Waals surface area contributed by atoms with E-state index >= 15 is 0 Å². The van der Waals surface area contributed by atoms with Gasteiger partial charge in [0.25, 0.3) is 10.0 Å². The Balaban J connectivity index is 1.69. The molecule has 7 nitrogen and oxygen atoms in total. The fraction of sp³-hybridized carbons (Fsp3) is 0.429. The third kappa shape index (κ3) is 8.47. The van der Waals surface area contributed by atoms with Crippen molar-refractivity contribution in [1.82, 2.24) is 10.2 Å². The number of rotatable bonds is 12. The van der Waals surface area contributed by atoms with Crippen LogP contribution in [-0.4, -0.2) is 50.3 Å². The van der Waals surface area contributed by atoms with Crippen LogP contribution < -0.4 is 9.62 Å². The van der Waals surface area contributed by atoms with E-state index in [1.165, 1.54) is 10.7 Å². The normalized spacial score (nSPS) is 14.6. The summed E-state index contributed by atoms with van der Waals surface area (Å²) < 4.78 is 29.4. The molecule has 0 unspecified atom stereocenters. The number of amides is 2. The zero-order valence-electron chi connectivity index (χ0n) is 25.9. The first-order valence-corrected chi connectivity index (χ1v) is 16.8. The molecule has 1 atom stereocenters. The van der Waals surface area contributed by atoms with Crippen LogP contribution in [0.2, 0.25) is 0 Å². The van der Waals surface area contributed by atoms with E-state index < -0.39 is 28.5 Å². The van der Waals surface area contributed by atoms with Crippen molar-refractivity contribution in [2.24, 2.45) is 0 Å². The summed E-state index contributed by atoms with van der Waals surface area (Å²) in [5.74, 6) is -0.577. The van der Waals surface area contributed by atoms with Gasteiger partial charge in [-0.1, -0.05) is 80.3 Å². The predicted molar refractivity (Wildman–Crippen MR) is 173 cm³/mol. The largest absolute Gasteiger partial charge is 0.352 e. The molecule has 1 aliphatic carbocycles. The van der Waals surface area contributed by atoms with Crippen molar-refractivity contribution in [2.45, 2.75) is 89.6 Å². The molecule has 8 heteroatoms. The Morgan fingerprint density at radius 2 is 1.49 bits per heavy atom. The van der Waals surface area contributed by atoms with Crippen molar-refractivity contribution >= 4 is 27.5 Å². The Labute approximate surface area is 257 Å². The van der Waals surface area contributed by atoms with Crippen LogP contribution in [0.15, 0.2) is 77.7 Å². The SMILES string of the molecule is CC[C@@H](C(=O)NC1CCCCC1)N(CCc1ccccc1)C(=O)CN(c1cc(C)cc(C)c1)S(=O)(=O)c1ccc(C)cc1. The van der Waals surface area contributed by atoms with E-state index in [9.17, 15) is 18.0 Å². The third-order valence-corrected chi connectivity index (χ3v) is 9.99. The van der Waals surface area contributed by atoms with E-state index in [4.69, 9.17) is 0 Å². The number of aryl methyl sites for hydroxylation is 3. The molecule has 1 N–H and O–H groups in total. The molecule has 0 aromatic heterocycles. The highest BCUT2D eigenvalue weighted by atomic mass is 32.2. The number of anilines is 1. The van der Waals surface area contributed by atoms with Crippen molar-refractivity contribution in [1.29, 1.82) is 0 Å². The Morgan fingerprint density at radius 3 is 2.09 bits per heavy atom. The average molecular weight is 604 g/mol. The van der Waals surface area contributed by atoms with E-state index in [0.717, 1.165) is 47.9 Å². The quantitative estimate of drug-likeness (QED) is 0.271. The molecule has 0 aliphatic heterocycles. The lowest BCUT2D eigenvalue weighted by molar-refractivity contribution is -0.140. The Kier molecular flexibility index (Phi) is 11.0. The molecule has 0 saturated heterocycles. The van der Waals surface area contributed by atoms with Gasteiger partial charge in [-0.05, 0) is 87.4 Å². The van der Waals surface area contributed by atoms with Crippen LogP contribution in [0.3, 0.4) is 0 Å². The second-order valence-corrected chi connectivity index (χ2v) is 13.6. The van der Waals surface area contributed by atoms with Crippen LogP contribution in [0.1, 0.15) is 67.7 Å². The lowest BCUT2D eigenvalue weighted by Crippen LogP contribution is -2.54. The van der Waals surface area contributed by atoms with Crippen LogP contribution in [0.5, 0.6) is 0 Å². The van der Waals surface area contributed by atoms with Crippen molar-refractivity contribution < 1.29 is 18.0 Å². The zero-order chi connectivity index (χ0) is 31.0. The molecule has 1 aliphatic rings. The third-order valence-electron chi connectivity index (χ3n) is 8.20. The van der Waals surface area contributed by atoms with Gasteiger partial charge in [0.1, 0.15) is 12.6 Å². The fourth-order valence-corrected chi connectivity index (χ4v) is 7.30. The molecular weight excluding hydrogens is 558 g/mol. The number of sulfonamides is 1. The van der Waals surface area contributed by atoms with Gasteiger partial charge in [0.05, 0.1) is 10.6 Å². The summed E-state index contributed by atoms with van der Waals surface area (Å²) in [5.41, 5.74) is 4.20. The Morgan fingerprint density at radius 1 is 0.860 bits per heavy atom. The molecule has 3 aromatic carbocycles. The van der Waals surface area contributed by atoms with E-state index in [0.29, 0.717) is 25.1 Å². The molecule has 1 fully saturated rings. The highest BCUT2D eigenvalue weighted by molar-refractivity contribution is 7.92. The molecule has 43 heavy (non-hydrogen) atoms. The van der Waals surface area contributed by atoms with Crippen LogP contribution in [0.4, 0.5) is 5.69 Å². The highest BCUT2D eigenvalue weighted by Gasteiger charge is 2.34. The summed E-state index contributed by atoms with van der Waals surface area (Å²) in [6.07, 6.45) is 6.20. The minimum absolute atomic E-state index is 0.107.